The van der Waals surface area contributed by atoms with Crippen LogP contribution < -0.4 is 4.74 Å². The van der Waals surface area contributed by atoms with Gasteiger partial charge >= 0.3 is 5.97 Å². The molecule has 1 N–H and O–H groups in total. The average Bonchev–Trinajstić information content (AvgIpc) is 2.45. The van der Waals surface area contributed by atoms with E-state index in [2.05, 4.69) is 36.9 Å². The van der Waals surface area contributed by atoms with Crippen LogP contribution in [0.5, 0.6) is 5.75 Å². The summed E-state index contributed by atoms with van der Waals surface area (Å²) >= 11 is 0. The van der Waals surface area contributed by atoms with Crippen molar-refractivity contribution in [3.05, 3.63) is 29.3 Å². The van der Waals surface area contributed by atoms with Crippen LogP contribution in [0.2, 0.25) is 0 Å². The predicted octanol–water partition coefficient (Wildman–Crippen LogP) is 3.01. The van der Waals surface area contributed by atoms with Crippen LogP contribution in [0.25, 0.3) is 0 Å². The molecule has 1 atom stereocenters. The molecule has 0 saturated carbocycles. The van der Waals surface area contributed by atoms with E-state index in [1.807, 2.05) is 6.92 Å². The van der Waals surface area contributed by atoms with Gasteiger partial charge in [-0.1, -0.05) is 19.1 Å². The molecule has 1 aliphatic heterocycles. The number of likely N-dealkylation sites (tertiary alicyclic amines) is 1. The molecule has 0 aromatic heterocycles. The van der Waals surface area contributed by atoms with Crippen molar-refractivity contribution in [2.24, 2.45) is 0 Å². The summed E-state index contributed by atoms with van der Waals surface area (Å²) in [5.41, 5.74) is 2.35. The molecule has 1 fully saturated rings. The molecule has 1 aromatic carbocycles. The first-order chi connectivity index (χ1) is 10.0. The lowest BCUT2D eigenvalue weighted by atomic mass is 10.0. The number of carboxylic acid groups (broad SMARTS) is 1. The third kappa shape index (κ3) is 3.97. The highest BCUT2D eigenvalue weighted by Gasteiger charge is 2.29. The first kappa shape index (κ1) is 15.8. The van der Waals surface area contributed by atoms with E-state index in [9.17, 15) is 9.90 Å². The molecule has 4 nitrogen and oxygen atoms in total. The summed E-state index contributed by atoms with van der Waals surface area (Å²) in [6.45, 7) is 7.63. The Balaban J connectivity index is 1.92. The second-order valence-corrected chi connectivity index (χ2v) is 5.88. The number of aryl methyl sites for hydroxylation is 2. The van der Waals surface area contributed by atoms with Crippen molar-refractivity contribution in [2.45, 2.75) is 52.2 Å². The third-order valence-electron chi connectivity index (χ3n) is 4.23. The minimum atomic E-state index is -0.716. The zero-order valence-electron chi connectivity index (χ0n) is 13.1. The van der Waals surface area contributed by atoms with Crippen molar-refractivity contribution in [1.29, 1.82) is 0 Å². The number of aliphatic carboxylic acids is 1. The van der Waals surface area contributed by atoms with Gasteiger partial charge in [-0.25, -0.2) is 0 Å². The SMILES string of the molecule is CC[C@@H](C(=O)O)N1CCC(Oc2cc(C)ccc2C)CC1. The fourth-order valence-corrected chi connectivity index (χ4v) is 2.91. The van der Waals surface area contributed by atoms with E-state index in [1.165, 1.54) is 5.56 Å². The molecule has 1 aliphatic rings. The van der Waals surface area contributed by atoms with Gasteiger partial charge in [-0.05, 0) is 50.3 Å². The Hall–Kier alpha value is -1.55. The van der Waals surface area contributed by atoms with Crippen molar-refractivity contribution >= 4 is 5.97 Å². The molecule has 4 heteroatoms. The van der Waals surface area contributed by atoms with E-state index in [1.54, 1.807) is 0 Å². The molecule has 0 amide bonds. The molecule has 0 unspecified atom stereocenters. The van der Waals surface area contributed by atoms with Crippen LogP contribution in [-0.2, 0) is 4.79 Å². The number of ether oxygens (including phenoxy) is 1. The third-order valence-corrected chi connectivity index (χ3v) is 4.23. The van der Waals surface area contributed by atoms with Gasteiger partial charge in [0.25, 0.3) is 0 Å². The summed E-state index contributed by atoms with van der Waals surface area (Å²) in [5.74, 6) is 0.241. The number of hydrogen-bond donors (Lipinski definition) is 1. The zero-order valence-corrected chi connectivity index (χ0v) is 13.1. The van der Waals surface area contributed by atoms with E-state index in [0.29, 0.717) is 6.42 Å². The van der Waals surface area contributed by atoms with Gasteiger partial charge in [0.05, 0.1) is 0 Å². The maximum atomic E-state index is 11.2. The normalized spacial score (nSPS) is 18.4. The molecule has 1 aromatic rings. The Bertz CT molecular complexity index is 493. The lowest BCUT2D eigenvalue weighted by Crippen LogP contribution is -2.47. The molecular weight excluding hydrogens is 266 g/mol. The fourth-order valence-electron chi connectivity index (χ4n) is 2.91. The van der Waals surface area contributed by atoms with Crippen LogP contribution in [0.1, 0.15) is 37.3 Å². The fraction of sp³-hybridized carbons (Fsp3) is 0.588. The summed E-state index contributed by atoms with van der Waals surface area (Å²) in [6, 6.07) is 5.89. The van der Waals surface area contributed by atoms with Crippen molar-refractivity contribution in [3.8, 4) is 5.75 Å². The standard InChI is InChI=1S/C17H25NO3/c1-4-15(17(19)20)18-9-7-14(8-10-18)21-16-11-12(2)5-6-13(16)3/h5-6,11,14-15H,4,7-10H2,1-3H3,(H,19,20)/t15-/m0/s1. The van der Waals surface area contributed by atoms with Crippen LogP contribution in [0.15, 0.2) is 18.2 Å². The number of carbonyl (C=O) groups is 1. The van der Waals surface area contributed by atoms with E-state index < -0.39 is 5.97 Å². The highest BCUT2D eigenvalue weighted by atomic mass is 16.5. The number of rotatable bonds is 5. The Morgan fingerprint density at radius 2 is 2.05 bits per heavy atom. The van der Waals surface area contributed by atoms with Crippen LogP contribution in [0.4, 0.5) is 0 Å². The lowest BCUT2D eigenvalue weighted by molar-refractivity contribution is -0.144. The number of piperidine rings is 1. The maximum absolute atomic E-state index is 11.2. The molecule has 116 valence electrons. The summed E-state index contributed by atoms with van der Waals surface area (Å²) in [6.07, 6.45) is 2.61. The van der Waals surface area contributed by atoms with Crippen LogP contribution in [-0.4, -0.2) is 41.2 Å². The van der Waals surface area contributed by atoms with E-state index in [4.69, 9.17) is 4.74 Å². The van der Waals surface area contributed by atoms with Crippen molar-refractivity contribution in [3.63, 3.8) is 0 Å². The summed E-state index contributed by atoms with van der Waals surface area (Å²) < 4.78 is 6.12. The molecule has 1 saturated heterocycles. The number of benzene rings is 1. The first-order valence-corrected chi connectivity index (χ1v) is 7.72. The first-order valence-electron chi connectivity index (χ1n) is 7.72. The topological polar surface area (TPSA) is 49.8 Å². The van der Waals surface area contributed by atoms with Gasteiger partial charge in [-0.3, -0.25) is 9.69 Å². The van der Waals surface area contributed by atoms with Gasteiger partial charge in [0, 0.05) is 13.1 Å². The quantitative estimate of drug-likeness (QED) is 0.906. The second kappa shape index (κ2) is 6.94. The Morgan fingerprint density at radius 3 is 2.62 bits per heavy atom. The van der Waals surface area contributed by atoms with E-state index >= 15 is 0 Å². The maximum Gasteiger partial charge on any atom is 0.320 e. The summed E-state index contributed by atoms with van der Waals surface area (Å²) in [5, 5.41) is 9.22. The van der Waals surface area contributed by atoms with Gasteiger partial charge in [-0.2, -0.15) is 0 Å². The monoisotopic (exact) mass is 291 g/mol. The zero-order chi connectivity index (χ0) is 15.4. The Morgan fingerprint density at radius 1 is 1.38 bits per heavy atom. The molecule has 1 heterocycles. The average molecular weight is 291 g/mol. The predicted molar refractivity (Wildman–Crippen MR) is 82.9 cm³/mol. The Kier molecular flexibility index (Phi) is 5.23. The lowest BCUT2D eigenvalue weighted by Gasteiger charge is -2.35. The van der Waals surface area contributed by atoms with E-state index in [0.717, 1.165) is 37.2 Å². The van der Waals surface area contributed by atoms with Crippen molar-refractivity contribution in [2.75, 3.05) is 13.1 Å². The Labute approximate surface area is 126 Å². The van der Waals surface area contributed by atoms with Crippen LogP contribution in [0, 0.1) is 13.8 Å². The molecule has 0 spiro atoms. The molecule has 0 bridgehead atoms. The highest BCUT2D eigenvalue weighted by Crippen LogP contribution is 2.24. The number of carboxylic acids is 1. The van der Waals surface area contributed by atoms with E-state index in [-0.39, 0.29) is 12.1 Å². The van der Waals surface area contributed by atoms with Gasteiger partial charge in [0.15, 0.2) is 0 Å². The minimum Gasteiger partial charge on any atom is -0.490 e. The van der Waals surface area contributed by atoms with Gasteiger partial charge < -0.3 is 9.84 Å². The largest absolute Gasteiger partial charge is 0.490 e. The molecule has 21 heavy (non-hydrogen) atoms. The van der Waals surface area contributed by atoms with Crippen molar-refractivity contribution < 1.29 is 14.6 Å². The van der Waals surface area contributed by atoms with Crippen molar-refractivity contribution in [1.82, 2.24) is 4.90 Å². The second-order valence-electron chi connectivity index (χ2n) is 5.88. The summed E-state index contributed by atoms with van der Waals surface area (Å²) in [7, 11) is 0. The highest BCUT2D eigenvalue weighted by molar-refractivity contribution is 5.73. The van der Waals surface area contributed by atoms with Crippen LogP contribution >= 0.6 is 0 Å². The smallest absolute Gasteiger partial charge is 0.320 e. The number of nitrogens with zero attached hydrogens (tertiary/aromatic N) is 1. The molecule has 0 radical (unpaired) electrons. The van der Waals surface area contributed by atoms with Gasteiger partial charge in [-0.15, -0.1) is 0 Å². The molecule has 0 aliphatic carbocycles. The number of hydrogen-bond acceptors (Lipinski definition) is 3. The van der Waals surface area contributed by atoms with Gasteiger partial charge in [0.2, 0.25) is 0 Å². The minimum absolute atomic E-state index is 0.188. The molecule has 2 rings (SSSR count). The molecular formula is C17H25NO3. The van der Waals surface area contributed by atoms with Crippen LogP contribution in [0.3, 0.4) is 0 Å². The summed E-state index contributed by atoms with van der Waals surface area (Å²) in [4.78, 5) is 13.3. The van der Waals surface area contributed by atoms with Gasteiger partial charge in [0.1, 0.15) is 17.9 Å².